The van der Waals surface area contributed by atoms with Crippen LogP contribution in [0.2, 0.25) is 0 Å². The highest BCUT2D eigenvalue weighted by Crippen LogP contribution is 2.29. The Labute approximate surface area is 160 Å². The van der Waals surface area contributed by atoms with E-state index in [-0.39, 0.29) is 30.2 Å². The molecule has 1 aliphatic rings. The molecule has 1 fully saturated rings. The van der Waals surface area contributed by atoms with E-state index in [1.807, 2.05) is 55.5 Å². The number of hydrogen-bond donors (Lipinski definition) is 1. The number of nitrogens with zero attached hydrogens (tertiary/aromatic N) is 3. The number of methoxy groups -OCH3 is 1. The van der Waals surface area contributed by atoms with Crippen molar-refractivity contribution < 1.29 is 9.53 Å². The van der Waals surface area contributed by atoms with Crippen LogP contribution in [0.3, 0.4) is 0 Å². The first-order valence-electron chi connectivity index (χ1n) is 8.73. The van der Waals surface area contributed by atoms with Gasteiger partial charge in [0.25, 0.3) is 0 Å². The standard InChI is InChI=1S/C19H26N4O2.ClH/c1-4-23(12-14-5-7-16(25-3)8-6-14)19(24)18-11-20-10-17(18)15-9-21-22(2)13-15;/h5-9,13,17-18,20H,4,10-12H2,1-3H3;1H/t17-,18+;/m1./s1. The summed E-state index contributed by atoms with van der Waals surface area (Å²) < 4.78 is 6.99. The van der Waals surface area contributed by atoms with Crippen LogP contribution in [0, 0.1) is 5.92 Å². The zero-order chi connectivity index (χ0) is 17.8. The van der Waals surface area contributed by atoms with Crippen molar-refractivity contribution in [2.75, 3.05) is 26.7 Å². The lowest BCUT2D eigenvalue weighted by atomic mass is 9.89. The molecule has 0 spiro atoms. The molecule has 1 aliphatic heterocycles. The van der Waals surface area contributed by atoms with E-state index in [0.29, 0.717) is 13.1 Å². The molecule has 0 radical (unpaired) electrons. The van der Waals surface area contributed by atoms with Crippen molar-refractivity contribution in [2.24, 2.45) is 13.0 Å². The van der Waals surface area contributed by atoms with Crippen molar-refractivity contribution in [1.82, 2.24) is 20.0 Å². The molecule has 2 aromatic rings. The maximum Gasteiger partial charge on any atom is 0.227 e. The molecule has 2 atom stereocenters. The van der Waals surface area contributed by atoms with Crippen LogP contribution >= 0.6 is 12.4 Å². The monoisotopic (exact) mass is 378 g/mol. The third kappa shape index (κ3) is 4.37. The molecule has 1 aromatic heterocycles. The van der Waals surface area contributed by atoms with E-state index in [1.165, 1.54) is 0 Å². The Balaban J connectivity index is 0.00000243. The summed E-state index contributed by atoms with van der Waals surface area (Å²) in [6.07, 6.45) is 3.88. The van der Waals surface area contributed by atoms with Crippen LogP contribution in [0.15, 0.2) is 36.7 Å². The highest BCUT2D eigenvalue weighted by molar-refractivity contribution is 5.85. The maximum atomic E-state index is 13.1. The molecule has 3 rings (SSSR count). The number of nitrogens with one attached hydrogen (secondary N) is 1. The van der Waals surface area contributed by atoms with Crippen molar-refractivity contribution in [3.05, 3.63) is 47.8 Å². The summed E-state index contributed by atoms with van der Waals surface area (Å²) in [5.41, 5.74) is 2.24. The van der Waals surface area contributed by atoms with Gasteiger partial charge in [0.15, 0.2) is 0 Å². The highest BCUT2D eigenvalue weighted by atomic mass is 35.5. The molecule has 2 heterocycles. The molecular formula is C19H27ClN4O2. The lowest BCUT2D eigenvalue weighted by molar-refractivity contribution is -0.135. The lowest BCUT2D eigenvalue weighted by Crippen LogP contribution is -2.38. The Morgan fingerprint density at radius 2 is 2.08 bits per heavy atom. The first-order valence-corrected chi connectivity index (χ1v) is 8.73. The molecule has 6 nitrogen and oxygen atoms in total. The Hall–Kier alpha value is -2.05. The number of aromatic nitrogens is 2. The number of amides is 1. The average molecular weight is 379 g/mol. The molecule has 26 heavy (non-hydrogen) atoms. The normalized spacial score (nSPS) is 19.0. The van der Waals surface area contributed by atoms with Gasteiger partial charge in [0.05, 0.1) is 19.2 Å². The largest absolute Gasteiger partial charge is 0.497 e. The van der Waals surface area contributed by atoms with Gasteiger partial charge in [-0.25, -0.2) is 0 Å². The minimum atomic E-state index is -0.0394. The van der Waals surface area contributed by atoms with Crippen molar-refractivity contribution in [3.8, 4) is 5.75 Å². The van der Waals surface area contributed by atoms with Gasteiger partial charge in [-0.2, -0.15) is 5.10 Å². The molecule has 0 saturated carbocycles. The summed E-state index contributed by atoms with van der Waals surface area (Å²) in [6, 6.07) is 7.90. The van der Waals surface area contributed by atoms with Gasteiger partial charge in [-0.15, -0.1) is 12.4 Å². The van der Waals surface area contributed by atoms with E-state index in [4.69, 9.17) is 4.74 Å². The van der Waals surface area contributed by atoms with Crippen LogP contribution in [0.5, 0.6) is 5.75 Å². The number of aryl methyl sites for hydroxylation is 1. The number of benzene rings is 1. The van der Waals surface area contributed by atoms with Gasteiger partial charge in [-0.3, -0.25) is 9.48 Å². The minimum absolute atomic E-state index is 0. The Morgan fingerprint density at radius 1 is 1.35 bits per heavy atom. The first kappa shape index (κ1) is 20.3. The second-order valence-electron chi connectivity index (χ2n) is 6.52. The summed E-state index contributed by atoms with van der Waals surface area (Å²) in [5.74, 6) is 1.18. The predicted molar refractivity (Wildman–Crippen MR) is 104 cm³/mol. The third-order valence-electron chi connectivity index (χ3n) is 4.91. The Morgan fingerprint density at radius 3 is 2.65 bits per heavy atom. The van der Waals surface area contributed by atoms with Crippen molar-refractivity contribution in [2.45, 2.75) is 19.4 Å². The van der Waals surface area contributed by atoms with Crippen LogP contribution in [-0.4, -0.2) is 47.3 Å². The van der Waals surface area contributed by atoms with E-state index >= 15 is 0 Å². The van der Waals surface area contributed by atoms with E-state index in [2.05, 4.69) is 10.4 Å². The van der Waals surface area contributed by atoms with Crippen LogP contribution in [0.1, 0.15) is 24.0 Å². The van der Waals surface area contributed by atoms with Gasteiger partial charge < -0.3 is 15.0 Å². The summed E-state index contributed by atoms with van der Waals surface area (Å²) in [5, 5.41) is 7.62. The van der Waals surface area contributed by atoms with Gasteiger partial charge in [0.1, 0.15) is 5.75 Å². The molecule has 1 aromatic carbocycles. The lowest BCUT2D eigenvalue weighted by Gasteiger charge is -2.27. The van der Waals surface area contributed by atoms with Crippen LogP contribution in [-0.2, 0) is 18.4 Å². The van der Waals surface area contributed by atoms with Crippen LogP contribution < -0.4 is 10.1 Å². The molecule has 1 amide bonds. The number of halogens is 1. The summed E-state index contributed by atoms with van der Waals surface area (Å²) in [7, 11) is 3.56. The van der Waals surface area contributed by atoms with E-state index in [1.54, 1.807) is 11.8 Å². The van der Waals surface area contributed by atoms with Crippen molar-refractivity contribution in [1.29, 1.82) is 0 Å². The fourth-order valence-electron chi connectivity index (χ4n) is 3.45. The molecular weight excluding hydrogens is 352 g/mol. The SMILES string of the molecule is CCN(Cc1ccc(OC)cc1)C(=O)[C@H]1CNC[C@@H]1c1cnn(C)c1.Cl. The number of carbonyl (C=O) groups is 1. The molecule has 7 heteroatoms. The molecule has 1 N–H and O–H groups in total. The van der Waals surface area contributed by atoms with E-state index < -0.39 is 0 Å². The molecule has 0 bridgehead atoms. The average Bonchev–Trinajstić information content (AvgIpc) is 3.28. The second kappa shape index (κ2) is 9.05. The predicted octanol–water partition coefficient (Wildman–Crippen LogP) is 2.20. The minimum Gasteiger partial charge on any atom is -0.497 e. The van der Waals surface area contributed by atoms with Gasteiger partial charge in [0, 0.05) is 45.3 Å². The zero-order valence-electron chi connectivity index (χ0n) is 15.5. The molecule has 1 saturated heterocycles. The van der Waals surface area contributed by atoms with Gasteiger partial charge in [0.2, 0.25) is 5.91 Å². The molecule has 0 unspecified atom stereocenters. The number of rotatable bonds is 6. The fraction of sp³-hybridized carbons (Fsp3) is 0.474. The molecule has 0 aliphatic carbocycles. The van der Waals surface area contributed by atoms with E-state index in [0.717, 1.165) is 30.0 Å². The van der Waals surface area contributed by atoms with Gasteiger partial charge >= 0.3 is 0 Å². The van der Waals surface area contributed by atoms with Crippen LogP contribution in [0.25, 0.3) is 0 Å². The quantitative estimate of drug-likeness (QED) is 0.837. The van der Waals surface area contributed by atoms with Crippen molar-refractivity contribution in [3.63, 3.8) is 0 Å². The third-order valence-corrected chi connectivity index (χ3v) is 4.91. The summed E-state index contributed by atoms with van der Waals surface area (Å²) >= 11 is 0. The van der Waals surface area contributed by atoms with Crippen LogP contribution in [0.4, 0.5) is 0 Å². The molecule has 142 valence electrons. The Kier molecular flexibility index (Phi) is 7.06. The fourth-order valence-corrected chi connectivity index (χ4v) is 3.45. The first-order chi connectivity index (χ1) is 12.1. The maximum absolute atomic E-state index is 13.1. The summed E-state index contributed by atoms with van der Waals surface area (Å²) in [6.45, 7) is 4.89. The number of carbonyl (C=O) groups excluding carboxylic acids is 1. The smallest absolute Gasteiger partial charge is 0.227 e. The second-order valence-corrected chi connectivity index (χ2v) is 6.52. The Bertz CT molecular complexity index is 717. The van der Waals surface area contributed by atoms with E-state index in [9.17, 15) is 4.79 Å². The summed E-state index contributed by atoms with van der Waals surface area (Å²) in [4.78, 5) is 15.1. The van der Waals surface area contributed by atoms with Gasteiger partial charge in [-0.05, 0) is 30.2 Å². The number of ether oxygens (including phenoxy) is 1. The van der Waals surface area contributed by atoms with Crippen molar-refractivity contribution >= 4 is 18.3 Å². The topological polar surface area (TPSA) is 59.4 Å². The highest BCUT2D eigenvalue weighted by Gasteiger charge is 2.36. The number of hydrogen-bond acceptors (Lipinski definition) is 4. The zero-order valence-corrected chi connectivity index (χ0v) is 16.3. The van der Waals surface area contributed by atoms with Gasteiger partial charge in [-0.1, -0.05) is 12.1 Å².